The van der Waals surface area contributed by atoms with Gasteiger partial charge in [-0.3, -0.25) is 4.99 Å². The molecule has 3 aromatic rings. The number of hydrogen-bond donors (Lipinski definition) is 1. The monoisotopic (exact) mass is 387 g/mol. The molecule has 0 aliphatic carbocycles. The summed E-state index contributed by atoms with van der Waals surface area (Å²) in [6, 6.07) is 15.9. The molecule has 1 heterocycles. The maximum Gasteiger partial charge on any atom is 0.238 e. The first-order valence-electron chi connectivity index (χ1n) is 7.88. The van der Waals surface area contributed by atoms with Crippen molar-refractivity contribution in [3.05, 3.63) is 76.6 Å². The molecule has 0 aliphatic heterocycles. The fraction of sp³-hybridized carbons (Fsp3) is 0.105. The first-order chi connectivity index (χ1) is 12.3. The second kappa shape index (κ2) is 7.07. The number of nitrogens with zero attached hydrogens (tertiary/aromatic N) is 2. The van der Waals surface area contributed by atoms with Gasteiger partial charge in [0.15, 0.2) is 0 Å². The summed E-state index contributed by atoms with van der Waals surface area (Å²) in [5, 5.41) is 5.75. The predicted octanol–water partition coefficient (Wildman–Crippen LogP) is 4.15. The zero-order chi connectivity index (χ0) is 18.9. The third-order valence-electron chi connectivity index (χ3n) is 4.09. The normalized spacial score (nSPS) is 12.0. The van der Waals surface area contributed by atoms with E-state index in [2.05, 4.69) is 4.99 Å². The first-order valence-corrected chi connectivity index (χ1v) is 9.80. The Hall–Kier alpha value is -2.41. The molecule has 0 fully saturated rings. The standard InChI is InChI=1S/C19H18ClN3O2S/c1-13-11-15(12-22-19-6-4-3-5-18(19)20)14(2)23(13)16-7-9-17(10-8-16)26(21,24)25/h3-12H,1-2H3,(H2,21,24,25). The van der Waals surface area contributed by atoms with Crippen molar-refractivity contribution in [2.75, 3.05) is 0 Å². The van der Waals surface area contributed by atoms with Gasteiger partial charge in [0, 0.05) is 28.9 Å². The minimum Gasteiger partial charge on any atom is -0.318 e. The molecular weight excluding hydrogens is 370 g/mol. The van der Waals surface area contributed by atoms with E-state index >= 15 is 0 Å². The molecule has 2 N–H and O–H groups in total. The third kappa shape index (κ3) is 3.72. The van der Waals surface area contributed by atoms with Crippen molar-refractivity contribution in [2.24, 2.45) is 10.1 Å². The Balaban J connectivity index is 1.97. The summed E-state index contributed by atoms with van der Waals surface area (Å²) in [7, 11) is -3.70. The lowest BCUT2D eigenvalue weighted by Gasteiger charge is -2.10. The molecule has 26 heavy (non-hydrogen) atoms. The largest absolute Gasteiger partial charge is 0.318 e. The fourth-order valence-electron chi connectivity index (χ4n) is 2.80. The van der Waals surface area contributed by atoms with Gasteiger partial charge in [0.05, 0.1) is 15.6 Å². The van der Waals surface area contributed by atoms with Gasteiger partial charge in [0.2, 0.25) is 10.0 Å². The van der Waals surface area contributed by atoms with Crippen LogP contribution >= 0.6 is 11.6 Å². The van der Waals surface area contributed by atoms with E-state index in [9.17, 15) is 8.42 Å². The summed E-state index contributed by atoms with van der Waals surface area (Å²) >= 11 is 6.14. The van der Waals surface area contributed by atoms with Crippen LogP contribution < -0.4 is 5.14 Å². The van der Waals surface area contributed by atoms with Crippen molar-refractivity contribution < 1.29 is 8.42 Å². The van der Waals surface area contributed by atoms with Crippen LogP contribution in [0.3, 0.4) is 0 Å². The molecule has 5 nitrogen and oxygen atoms in total. The van der Waals surface area contributed by atoms with Crippen molar-refractivity contribution in [1.82, 2.24) is 4.57 Å². The molecule has 1 aromatic heterocycles. The number of aromatic nitrogens is 1. The molecule has 0 bridgehead atoms. The number of halogens is 1. The van der Waals surface area contributed by atoms with Crippen molar-refractivity contribution in [1.29, 1.82) is 0 Å². The number of primary sulfonamides is 1. The summed E-state index contributed by atoms with van der Waals surface area (Å²) in [5.41, 5.74) is 4.51. The highest BCUT2D eigenvalue weighted by Crippen LogP contribution is 2.25. The second-order valence-electron chi connectivity index (χ2n) is 5.91. The summed E-state index contributed by atoms with van der Waals surface area (Å²) in [6.45, 7) is 3.96. The van der Waals surface area contributed by atoms with Crippen LogP contribution in [0, 0.1) is 13.8 Å². The van der Waals surface area contributed by atoms with E-state index in [1.54, 1.807) is 24.4 Å². The number of aryl methyl sites for hydroxylation is 1. The third-order valence-corrected chi connectivity index (χ3v) is 5.34. The molecule has 134 valence electrons. The number of aliphatic imine (C=N–C) groups is 1. The molecule has 0 saturated heterocycles. The van der Waals surface area contributed by atoms with Gasteiger partial charge in [-0.15, -0.1) is 0 Å². The minimum atomic E-state index is -3.70. The Kier molecular flexibility index (Phi) is 5.00. The highest BCUT2D eigenvalue weighted by molar-refractivity contribution is 7.89. The van der Waals surface area contributed by atoms with E-state index in [0.29, 0.717) is 10.7 Å². The fourth-order valence-corrected chi connectivity index (χ4v) is 3.50. The predicted molar refractivity (Wildman–Crippen MR) is 105 cm³/mol. The lowest BCUT2D eigenvalue weighted by molar-refractivity contribution is 0.598. The van der Waals surface area contributed by atoms with E-state index in [-0.39, 0.29) is 4.90 Å². The van der Waals surface area contributed by atoms with Gasteiger partial charge in [-0.25, -0.2) is 13.6 Å². The Morgan fingerprint density at radius 3 is 2.35 bits per heavy atom. The molecule has 0 saturated carbocycles. The molecule has 2 aromatic carbocycles. The maximum absolute atomic E-state index is 11.4. The lowest BCUT2D eigenvalue weighted by atomic mass is 10.2. The van der Waals surface area contributed by atoms with Crippen LogP contribution in [0.5, 0.6) is 0 Å². The SMILES string of the molecule is Cc1cc(C=Nc2ccccc2Cl)c(C)n1-c1ccc(S(N)(=O)=O)cc1. The number of benzene rings is 2. The highest BCUT2D eigenvalue weighted by Gasteiger charge is 2.12. The van der Waals surface area contributed by atoms with E-state index in [0.717, 1.165) is 22.6 Å². The molecule has 0 amide bonds. The first kappa shape index (κ1) is 18.4. The van der Waals surface area contributed by atoms with Gasteiger partial charge in [0.25, 0.3) is 0 Å². The quantitative estimate of drug-likeness (QED) is 0.682. The van der Waals surface area contributed by atoms with Crippen LogP contribution in [-0.4, -0.2) is 19.2 Å². The van der Waals surface area contributed by atoms with Crippen molar-refractivity contribution >= 4 is 33.5 Å². The Morgan fingerprint density at radius 1 is 1.08 bits per heavy atom. The molecule has 7 heteroatoms. The summed E-state index contributed by atoms with van der Waals surface area (Å²) < 4.78 is 24.8. The van der Waals surface area contributed by atoms with E-state index < -0.39 is 10.0 Å². The van der Waals surface area contributed by atoms with Crippen molar-refractivity contribution in [3.8, 4) is 5.69 Å². The second-order valence-corrected chi connectivity index (χ2v) is 7.88. The van der Waals surface area contributed by atoms with Gasteiger partial charge >= 0.3 is 0 Å². The van der Waals surface area contributed by atoms with Crippen molar-refractivity contribution in [3.63, 3.8) is 0 Å². The zero-order valence-electron chi connectivity index (χ0n) is 14.3. The van der Waals surface area contributed by atoms with Crippen LogP contribution in [0.1, 0.15) is 17.0 Å². The van der Waals surface area contributed by atoms with E-state index in [1.807, 2.05) is 42.7 Å². The van der Waals surface area contributed by atoms with E-state index in [4.69, 9.17) is 16.7 Å². The van der Waals surface area contributed by atoms with Crippen molar-refractivity contribution in [2.45, 2.75) is 18.7 Å². The Labute approximate surface area is 157 Å². The van der Waals surface area contributed by atoms with Crippen LogP contribution in [0.25, 0.3) is 5.69 Å². The summed E-state index contributed by atoms with van der Waals surface area (Å²) in [5.74, 6) is 0. The zero-order valence-corrected chi connectivity index (χ0v) is 15.9. The molecule has 0 aliphatic rings. The molecule has 0 radical (unpaired) electrons. The maximum atomic E-state index is 11.4. The molecule has 0 spiro atoms. The van der Waals surface area contributed by atoms with Crippen LogP contribution in [0.4, 0.5) is 5.69 Å². The average Bonchev–Trinajstić information content (AvgIpc) is 2.87. The lowest BCUT2D eigenvalue weighted by Crippen LogP contribution is -2.12. The Morgan fingerprint density at radius 2 is 1.73 bits per heavy atom. The number of sulfonamides is 1. The topological polar surface area (TPSA) is 77.5 Å². The van der Waals surface area contributed by atoms with Gasteiger partial charge in [-0.05, 0) is 56.3 Å². The minimum absolute atomic E-state index is 0.0872. The number of nitrogens with two attached hydrogens (primary N) is 1. The van der Waals surface area contributed by atoms with Gasteiger partial charge in [-0.1, -0.05) is 23.7 Å². The highest BCUT2D eigenvalue weighted by atomic mass is 35.5. The van der Waals surface area contributed by atoms with Gasteiger partial charge in [0.1, 0.15) is 0 Å². The van der Waals surface area contributed by atoms with Gasteiger partial charge in [-0.2, -0.15) is 0 Å². The Bertz CT molecular complexity index is 1080. The number of para-hydroxylation sites is 1. The molecule has 3 rings (SSSR count). The van der Waals surface area contributed by atoms with Gasteiger partial charge < -0.3 is 4.57 Å². The number of hydrogen-bond acceptors (Lipinski definition) is 3. The molecule has 0 unspecified atom stereocenters. The van der Waals surface area contributed by atoms with E-state index in [1.165, 1.54) is 12.1 Å². The molecular formula is C19H18ClN3O2S. The summed E-state index contributed by atoms with van der Waals surface area (Å²) in [4.78, 5) is 4.55. The smallest absolute Gasteiger partial charge is 0.238 e. The average molecular weight is 388 g/mol. The van der Waals surface area contributed by atoms with Crippen LogP contribution in [-0.2, 0) is 10.0 Å². The summed E-state index contributed by atoms with van der Waals surface area (Å²) in [6.07, 6.45) is 1.78. The molecule has 0 atom stereocenters. The number of rotatable bonds is 4. The van der Waals surface area contributed by atoms with Crippen LogP contribution in [0.2, 0.25) is 5.02 Å². The van der Waals surface area contributed by atoms with Crippen LogP contribution in [0.15, 0.2) is 64.5 Å².